The summed E-state index contributed by atoms with van der Waals surface area (Å²) >= 11 is 0. The zero-order valence-corrected chi connectivity index (χ0v) is 15.1. The van der Waals surface area contributed by atoms with Crippen LogP contribution in [0.2, 0.25) is 0 Å². The van der Waals surface area contributed by atoms with Crippen molar-refractivity contribution in [1.29, 1.82) is 0 Å². The standard InChI is InChI=1S/C21H25N3O2/c1-3-12-26-19-8-4-16(5-9-19)15-24-17-6-7-18(24)14-21(25,13-17)20-22-10-11-23(20)2/h1,4-5,8-11,17-18,25H,6-7,12-15H2,2H3/t17-,18+,21?. The first kappa shape index (κ1) is 17.1. The minimum Gasteiger partial charge on any atom is -0.481 e. The van der Waals surface area contributed by atoms with Crippen LogP contribution in [-0.4, -0.2) is 38.2 Å². The van der Waals surface area contributed by atoms with Crippen molar-refractivity contribution in [2.75, 3.05) is 6.61 Å². The van der Waals surface area contributed by atoms with Gasteiger partial charge in [0, 0.05) is 38.1 Å². The van der Waals surface area contributed by atoms with E-state index in [4.69, 9.17) is 11.2 Å². The molecule has 26 heavy (non-hydrogen) atoms. The van der Waals surface area contributed by atoms with Gasteiger partial charge < -0.3 is 14.4 Å². The summed E-state index contributed by atoms with van der Waals surface area (Å²) in [6.45, 7) is 1.20. The third kappa shape index (κ3) is 3.11. The monoisotopic (exact) mass is 351 g/mol. The molecule has 136 valence electrons. The first-order valence-electron chi connectivity index (χ1n) is 9.20. The molecule has 2 aliphatic rings. The van der Waals surface area contributed by atoms with Crippen LogP contribution in [0.1, 0.15) is 37.1 Å². The van der Waals surface area contributed by atoms with E-state index in [0.29, 0.717) is 18.7 Å². The Kier molecular flexibility index (Phi) is 4.47. The summed E-state index contributed by atoms with van der Waals surface area (Å²) < 4.78 is 7.39. The Balaban J connectivity index is 1.46. The Labute approximate surface area is 154 Å². The summed E-state index contributed by atoms with van der Waals surface area (Å²) in [5, 5.41) is 11.3. The van der Waals surface area contributed by atoms with Crippen LogP contribution in [0.25, 0.3) is 0 Å². The Morgan fingerprint density at radius 2 is 1.96 bits per heavy atom. The zero-order valence-electron chi connectivity index (χ0n) is 15.1. The van der Waals surface area contributed by atoms with Gasteiger partial charge in [0.1, 0.15) is 23.8 Å². The van der Waals surface area contributed by atoms with Crippen molar-refractivity contribution in [3.63, 3.8) is 0 Å². The summed E-state index contributed by atoms with van der Waals surface area (Å²) in [5.41, 5.74) is 0.449. The fourth-order valence-corrected chi connectivity index (χ4v) is 4.60. The van der Waals surface area contributed by atoms with Crippen molar-refractivity contribution in [3.8, 4) is 18.1 Å². The van der Waals surface area contributed by atoms with Gasteiger partial charge in [-0.15, -0.1) is 6.42 Å². The normalized spacial score (nSPS) is 28.0. The van der Waals surface area contributed by atoms with Crippen LogP contribution in [0.4, 0.5) is 0 Å². The van der Waals surface area contributed by atoms with E-state index in [1.54, 1.807) is 6.20 Å². The molecule has 4 rings (SSSR count). The highest BCUT2D eigenvalue weighted by molar-refractivity contribution is 5.28. The van der Waals surface area contributed by atoms with Crippen molar-refractivity contribution in [1.82, 2.24) is 14.5 Å². The number of nitrogens with zero attached hydrogens (tertiary/aromatic N) is 3. The SMILES string of the molecule is C#CCOc1ccc(CN2[C@@H]3CC[C@H]2CC(O)(c2nccn2C)C3)cc1. The van der Waals surface area contributed by atoms with Gasteiger partial charge in [-0.3, -0.25) is 4.90 Å². The minimum atomic E-state index is -0.812. The second-order valence-electron chi connectivity index (χ2n) is 7.50. The molecule has 2 aliphatic heterocycles. The smallest absolute Gasteiger partial charge is 0.148 e. The summed E-state index contributed by atoms with van der Waals surface area (Å²) in [6.07, 6.45) is 12.7. The molecule has 3 atom stereocenters. The molecule has 2 fully saturated rings. The van der Waals surface area contributed by atoms with E-state index in [2.05, 4.69) is 27.9 Å². The molecule has 2 saturated heterocycles. The fraction of sp³-hybridized carbons (Fsp3) is 0.476. The Hall–Kier alpha value is -2.29. The Bertz CT molecular complexity index is 791. The van der Waals surface area contributed by atoms with Crippen molar-refractivity contribution in [2.24, 2.45) is 7.05 Å². The predicted octanol–water partition coefficient (Wildman–Crippen LogP) is 2.45. The van der Waals surface area contributed by atoms with Crippen LogP contribution < -0.4 is 4.74 Å². The number of piperidine rings is 1. The van der Waals surface area contributed by atoms with E-state index in [0.717, 1.165) is 43.8 Å². The predicted molar refractivity (Wildman–Crippen MR) is 99.5 cm³/mol. The van der Waals surface area contributed by atoms with Crippen molar-refractivity contribution in [2.45, 2.75) is 49.9 Å². The molecule has 0 saturated carbocycles. The van der Waals surface area contributed by atoms with Crippen LogP contribution in [0.3, 0.4) is 0 Å². The van der Waals surface area contributed by atoms with E-state index >= 15 is 0 Å². The van der Waals surface area contributed by atoms with Crippen molar-refractivity contribution < 1.29 is 9.84 Å². The summed E-state index contributed by atoms with van der Waals surface area (Å²) in [4.78, 5) is 6.97. The number of hydrogen-bond donors (Lipinski definition) is 1. The van der Waals surface area contributed by atoms with Crippen LogP contribution >= 0.6 is 0 Å². The zero-order chi connectivity index (χ0) is 18.1. The number of terminal acetylenes is 1. The number of hydrogen-bond acceptors (Lipinski definition) is 4. The molecule has 0 amide bonds. The average Bonchev–Trinajstić information content (AvgIpc) is 3.17. The molecule has 5 nitrogen and oxygen atoms in total. The molecule has 5 heteroatoms. The molecule has 0 spiro atoms. The fourth-order valence-electron chi connectivity index (χ4n) is 4.60. The molecule has 1 N–H and O–H groups in total. The average molecular weight is 351 g/mol. The van der Waals surface area contributed by atoms with E-state index < -0.39 is 5.60 Å². The van der Waals surface area contributed by atoms with Gasteiger partial charge in [-0.25, -0.2) is 4.98 Å². The van der Waals surface area contributed by atoms with Crippen LogP contribution in [0, 0.1) is 12.3 Å². The van der Waals surface area contributed by atoms with E-state index in [1.165, 1.54) is 5.56 Å². The van der Waals surface area contributed by atoms with Crippen LogP contribution in [-0.2, 0) is 19.2 Å². The molecule has 0 radical (unpaired) electrons. The van der Waals surface area contributed by atoms with Gasteiger partial charge in [-0.05, 0) is 43.4 Å². The molecule has 1 aromatic carbocycles. The number of aryl methyl sites for hydroxylation is 1. The lowest BCUT2D eigenvalue weighted by molar-refractivity contribution is -0.0669. The molecule has 0 aliphatic carbocycles. The highest BCUT2D eigenvalue weighted by Crippen LogP contribution is 2.45. The maximum absolute atomic E-state index is 11.3. The number of imidazole rings is 1. The molecule has 2 bridgehead atoms. The number of aliphatic hydroxyl groups is 1. The van der Waals surface area contributed by atoms with Gasteiger partial charge in [0.25, 0.3) is 0 Å². The highest BCUT2D eigenvalue weighted by Gasteiger charge is 2.49. The molecule has 1 aromatic heterocycles. The summed E-state index contributed by atoms with van der Waals surface area (Å²) in [7, 11) is 1.96. The minimum absolute atomic E-state index is 0.293. The topological polar surface area (TPSA) is 50.5 Å². The molecule has 2 aromatic rings. The second kappa shape index (κ2) is 6.79. The van der Waals surface area contributed by atoms with E-state index in [1.807, 2.05) is 29.9 Å². The highest BCUT2D eigenvalue weighted by atomic mass is 16.5. The second-order valence-corrected chi connectivity index (χ2v) is 7.50. The molecule has 3 heterocycles. The van der Waals surface area contributed by atoms with E-state index in [-0.39, 0.29) is 0 Å². The maximum atomic E-state index is 11.3. The quantitative estimate of drug-likeness (QED) is 0.841. The van der Waals surface area contributed by atoms with Crippen LogP contribution in [0.15, 0.2) is 36.7 Å². The maximum Gasteiger partial charge on any atom is 0.148 e. The summed E-state index contributed by atoms with van der Waals surface area (Å²) in [6, 6.07) is 8.95. The lowest BCUT2D eigenvalue weighted by Crippen LogP contribution is -2.50. The Morgan fingerprint density at radius 3 is 2.54 bits per heavy atom. The van der Waals surface area contributed by atoms with Gasteiger partial charge in [0.15, 0.2) is 0 Å². The Morgan fingerprint density at radius 1 is 1.27 bits per heavy atom. The number of fused-ring (bicyclic) bond motifs is 2. The van der Waals surface area contributed by atoms with Crippen LogP contribution in [0.5, 0.6) is 5.75 Å². The van der Waals surface area contributed by atoms with Gasteiger partial charge in [0.2, 0.25) is 0 Å². The van der Waals surface area contributed by atoms with Crippen molar-refractivity contribution >= 4 is 0 Å². The van der Waals surface area contributed by atoms with Gasteiger partial charge in [-0.2, -0.15) is 0 Å². The third-order valence-corrected chi connectivity index (χ3v) is 5.77. The third-order valence-electron chi connectivity index (χ3n) is 5.77. The number of rotatable bonds is 5. The number of aromatic nitrogens is 2. The van der Waals surface area contributed by atoms with Gasteiger partial charge in [0.05, 0.1) is 0 Å². The summed E-state index contributed by atoms with van der Waals surface area (Å²) in [5.74, 6) is 4.08. The largest absolute Gasteiger partial charge is 0.481 e. The molecular weight excluding hydrogens is 326 g/mol. The lowest BCUT2D eigenvalue weighted by Gasteiger charge is -2.43. The lowest BCUT2D eigenvalue weighted by atomic mass is 9.85. The van der Waals surface area contributed by atoms with Gasteiger partial charge >= 0.3 is 0 Å². The molecule has 1 unspecified atom stereocenters. The molecular formula is C21H25N3O2. The number of benzene rings is 1. The van der Waals surface area contributed by atoms with Crippen molar-refractivity contribution in [3.05, 3.63) is 48.0 Å². The van der Waals surface area contributed by atoms with E-state index in [9.17, 15) is 5.11 Å². The number of ether oxygens (including phenoxy) is 1. The van der Waals surface area contributed by atoms with Gasteiger partial charge in [-0.1, -0.05) is 18.1 Å². The first-order valence-corrected chi connectivity index (χ1v) is 9.20. The first-order chi connectivity index (χ1) is 12.6.